The Morgan fingerprint density at radius 3 is 2.85 bits per heavy atom. The molecule has 0 saturated carbocycles. The third-order valence-corrected chi connectivity index (χ3v) is 4.56. The fraction of sp³-hybridized carbons (Fsp3) is 0.316. The van der Waals surface area contributed by atoms with Crippen molar-refractivity contribution < 1.29 is 14.2 Å². The summed E-state index contributed by atoms with van der Waals surface area (Å²) in [6.45, 7) is 1.87. The minimum absolute atomic E-state index is 0.355. The average molecular weight is 420 g/mol. The van der Waals surface area contributed by atoms with Crippen molar-refractivity contribution in [1.29, 1.82) is 0 Å². The fourth-order valence-electron chi connectivity index (χ4n) is 2.70. The number of nitrogens with one attached hydrogen (secondary N) is 1. The standard InChI is InChI=1S/C19H22BrN3O3/c1-24-18-13(4-2-5-15(18)20)8-9-22-19(21)23-14-6-7-16-17(12-14)26-11-3-10-25-16/h2,4-7,12H,3,8-11H2,1H3,(H3,21,22,23). The van der Waals surface area contributed by atoms with Crippen molar-refractivity contribution in [3.8, 4) is 17.2 Å². The molecule has 2 aromatic rings. The van der Waals surface area contributed by atoms with Gasteiger partial charge in [0.05, 0.1) is 24.8 Å². The van der Waals surface area contributed by atoms with Gasteiger partial charge < -0.3 is 25.3 Å². The quantitative estimate of drug-likeness (QED) is 0.571. The van der Waals surface area contributed by atoms with Gasteiger partial charge in [-0.3, -0.25) is 4.99 Å². The largest absolute Gasteiger partial charge is 0.495 e. The Bertz CT molecular complexity index is 796. The van der Waals surface area contributed by atoms with Crippen molar-refractivity contribution in [2.75, 3.05) is 32.2 Å². The molecule has 2 aromatic carbocycles. The molecular weight excluding hydrogens is 398 g/mol. The molecule has 0 aliphatic carbocycles. The molecule has 138 valence electrons. The van der Waals surface area contributed by atoms with E-state index in [1.807, 2.05) is 36.4 Å². The van der Waals surface area contributed by atoms with E-state index < -0.39 is 0 Å². The highest BCUT2D eigenvalue weighted by atomic mass is 79.9. The first-order chi connectivity index (χ1) is 12.7. The summed E-state index contributed by atoms with van der Waals surface area (Å²) in [6.07, 6.45) is 1.60. The first-order valence-corrected chi connectivity index (χ1v) is 9.24. The van der Waals surface area contributed by atoms with Crippen molar-refractivity contribution in [1.82, 2.24) is 0 Å². The van der Waals surface area contributed by atoms with E-state index in [-0.39, 0.29) is 0 Å². The zero-order valence-corrected chi connectivity index (χ0v) is 16.2. The lowest BCUT2D eigenvalue weighted by Gasteiger charge is -2.11. The predicted molar refractivity (Wildman–Crippen MR) is 107 cm³/mol. The second-order valence-electron chi connectivity index (χ2n) is 5.79. The molecule has 1 aliphatic heterocycles. The van der Waals surface area contributed by atoms with E-state index in [4.69, 9.17) is 19.9 Å². The number of hydrogen-bond donors (Lipinski definition) is 2. The highest BCUT2D eigenvalue weighted by Crippen LogP contribution is 2.32. The molecule has 6 nitrogen and oxygen atoms in total. The van der Waals surface area contributed by atoms with E-state index in [1.54, 1.807) is 7.11 Å². The number of halogens is 1. The normalized spacial score (nSPS) is 13.8. The molecule has 7 heteroatoms. The second-order valence-corrected chi connectivity index (χ2v) is 6.64. The Kier molecular flexibility index (Phi) is 6.22. The van der Waals surface area contributed by atoms with Crippen molar-refractivity contribution >= 4 is 27.6 Å². The maximum Gasteiger partial charge on any atom is 0.193 e. The zero-order valence-electron chi connectivity index (χ0n) is 14.6. The number of para-hydroxylation sites is 1. The molecule has 0 radical (unpaired) electrons. The lowest BCUT2D eigenvalue weighted by atomic mass is 10.1. The number of methoxy groups -OCH3 is 1. The minimum atomic E-state index is 0.355. The van der Waals surface area contributed by atoms with Crippen LogP contribution in [0.1, 0.15) is 12.0 Å². The van der Waals surface area contributed by atoms with Crippen LogP contribution in [0.2, 0.25) is 0 Å². The molecule has 3 rings (SSSR count). The molecule has 3 N–H and O–H groups in total. The van der Waals surface area contributed by atoms with Crippen LogP contribution in [0.25, 0.3) is 0 Å². The molecule has 0 aromatic heterocycles. The maximum atomic E-state index is 6.00. The molecule has 0 unspecified atom stereocenters. The number of aliphatic imine (C=N–C) groups is 1. The molecule has 1 heterocycles. The lowest BCUT2D eigenvalue weighted by Crippen LogP contribution is -2.23. The third kappa shape index (κ3) is 4.60. The number of fused-ring (bicyclic) bond motifs is 1. The Labute approximate surface area is 161 Å². The topological polar surface area (TPSA) is 78.1 Å². The highest BCUT2D eigenvalue weighted by Gasteiger charge is 2.11. The summed E-state index contributed by atoms with van der Waals surface area (Å²) >= 11 is 3.49. The van der Waals surface area contributed by atoms with Gasteiger partial charge in [-0.15, -0.1) is 0 Å². The third-order valence-electron chi connectivity index (χ3n) is 3.94. The highest BCUT2D eigenvalue weighted by molar-refractivity contribution is 9.10. The van der Waals surface area contributed by atoms with E-state index in [0.29, 0.717) is 25.7 Å². The number of guanidine groups is 1. The maximum absolute atomic E-state index is 6.00. The molecule has 0 bridgehead atoms. The average Bonchev–Trinajstić information content (AvgIpc) is 2.87. The number of nitrogens with two attached hydrogens (primary N) is 1. The van der Waals surface area contributed by atoms with Crippen LogP contribution in [0, 0.1) is 0 Å². The number of hydrogen-bond acceptors (Lipinski definition) is 4. The van der Waals surface area contributed by atoms with Crippen LogP contribution in [0.3, 0.4) is 0 Å². The van der Waals surface area contributed by atoms with Gasteiger partial charge in [-0.2, -0.15) is 0 Å². The first-order valence-electron chi connectivity index (χ1n) is 8.45. The molecule has 0 atom stereocenters. The fourth-order valence-corrected chi connectivity index (χ4v) is 3.27. The molecule has 0 saturated heterocycles. The number of anilines is 1. The molecule has 0 amide bonds. The molecule has 26 heavy (non-hydrogen) atoms. The Hall–Kier alpha value is -2.41. The number of benzene rings is 2. The van der Waals surface area contributed by atoms with Gasteiger partial charge in [0.25, 0.3) is 0 Å². The van der Waals surface area contributed by atoms with Gasteiger partial charge in [0.1, 0.15) is 5.75 Å². The van der Waals surface area contributed by atoms with Crippen LogP contribution in [0.4, 0.5) is 5.69 Å². The van der Waals surface area contributed by atoms with E-state index in [2.05, 4.69) is 26.2 Å². The molecule has 1 aliphatic rings. The number of nitrogens with zero attached hydrogens (tertiary/aromatic N) is 1. The number of rotatable bonds is 5. The smallest absolute Gasteiger partial charge is 0.193 e. The van der Waals surface area contributed by atoms with Gasteiger partial charge in [0.2, 0.25) is 0 Å². The van der Waals surface area contributed by atoms with E-state index in [0.717, 1.165) is 45.8 Å². The van der Waals surface area contributed by atoms with Gasteiger partial charge in [0, 0.05) is 24.7 Å². The summed E-state index contributed by atoms with van der Waals surface area (Å²) in [5, 5.41) is 3.09. The van der Waals surface area contributed by atoms with Crippen LogP contribution >= 0.6 is 15.9 Å². The van der Waals surface area contributed by atoms with Gasteiger partial charge in [0.15, 0.2) is 17.5 Å². The van der Waals surface area contributed by atoms with Crippen LogP contribution < -0.4 is 25.3 Å². The van der Waals surface area contributed by atoms with Crippen molar-refractivity contribution in [3.63, 3.8) is 0 Å². The summed E-state index contributed by atoms with van der Waals surface area (Å²) in [5.41, 5.74) is 7.90. The Morgan fingerprint density at radius 2 is 2.04 bits per heavy atom. The summed E-state index contributed by atoms with van der Waals surface area (Å²) in [7, 11) is 1.66. The van der Waals surface area contributed by atoms with E-state index in [1.165, 1.54) is 0 Å². The van der Waals surface area contributed by atoms with Crippen molar-refractivity contribution in [2.45, 2.75) is 12.8 Å². The first kappa shape index (κ1) is 18.4. The SMILES string of the molecule is COc1c(Br)cccc1CCN=C(N)Nc1ccc2c(c1)OCCCO2. The van der Waals surface area contributed by atoms with Gasteiger partial charge >= 0.3 is 0 Å². The predicted octanol–water partition coefficient (Wildman–Crippen LogP) is 3.59. The van der Waals surface area contributed by atoms with E-state index in [9.17, 15) is 0 Å². The monoisotopic (exact) mass is 419 g/mol. The van der Waals surface area contributed by atoms with Gasteiger partial charge in [-0.25, -0.2) is 0 Å². The van der Waals surface area contributed by atoms with Crippen LogP contribution in [-0.2, 0) is 6.42 Å². The zero-order chi connectivity index (χ0) is 18.4. The van der Waals surface area contributed by atoms with Crippen molar-refractivity contribution in [2.24, 2.45) is 10.7 Å². The van der Waals surface area contributed by atoms with Crippen LogP contribution in [0.15, 0.2) is 45.9 Å². The second kappa shape index (κ2) is 8.80. The Balaban J connectivity index is 1.61. The van der Waals surface area contributed by atoms with Crippen LogP contribution in [-0.4, -0.2) is 32.8 Å². The Morgan fingerprint density at radius 1 is 1.23 bits per heavy atom. The van der Waals surface area contributed by atoms with Crippen LogP contribution in [0.5, 0.6) is 17.2 Å². The van der Waals surface area contributed by atoms with E-state index >= 15 is 0 Å². The van der Waals surface area contributed by atoms with Crippen molar-refractivity contribution in [3.05, 3.63) is 46.4 Å². The molecular formula is C19H22BrN3O3. The molecule has 0 fully saturated rings. The molecule has 0 spiro atoms. The van der Waals surface area contributed by atoms with Gasteiger partial charge in [-0.05, 0) is 46.1 Å². The minimum Gasteiger partial charge on any atom is -0.495 e. The van der Waals surface area contributed by atoms with Gasteiger partial charge in [-0.1, -0.05) is 12.1 Å². The lowest BCUT2D eigenvalue weighted by molar-refractivity contribution is 0.297. The summed E-state index contributed by atoms with van der Waals surface area (Å²) in [4.78, 5) is 4.39. The summed E-state index contributed by atoms with van der Waals surface area (Å²) in [5.74, 6) is 2.66. The number of ether oxygens (including phenoxy) is 3. The summed E-state index contributed by atoms with van der Waals surface area (Å²) in [6, 6.07) is 11.6. The summed E-state index contributed by atoms with van der Waals surface area (Å²) < 4.78 is 17.7.